The van der Waals surface area contributed by atoms with E-state index in [0.29, 0.717) is 0 Å². The van der Waals surface area contributed by atoms with Crippen molar-refractivity contribution in [2.75, 3.05) is 0 Å². The first-order valence-electron chi connectivity index (χ1n) is 6.76. The Morgan fingerprint density at radius 3 is 0.647 bits per heavy atom. The van der Waals surface area contributed by atoms with Crippen molar-refractivity contribution in [3.8, 4) is 0 Å². The lowest BCUT2D eigenvalue weighted by molar-refractivity contribution is 0.562. The van der Waals surface area contributed by atoms with Gasteiger partial charge in [0.25, 0.3) is 0 Å². The Kier molecular flexibility index (Phi) is 18.3. The van der Waals surface area contributed by atoms with E-state index >= 15 is 0 Å². The van der Waals surface area contributed by atoms with Crippen molar-refractivity contribution in [2.24, 2.45) is 0 Å². The second kappa shape index (κ2) is 14.2. The SMILES string of the molecule is O=[S](=O)C(Br)(Br)C(Br)(Br)C(Br)(Br)C(Br)(Br)C(Br)(Br)C(Br)(Br)C(Br)(Br)C(Br)(Br)C(Br)(Br)C(Br)(Br)Br. The minimum atomic E-state index is -2.66. The minimum absolute atomic E-state index is 0.879. The molecule has 24 heteroatoms. The van der Waals surface area contributed by atoms with Crippen LogP contribution in [-0.4, -0.2) is 39.0 Å². The highest BCUT2D eigenvalue weighted by molar-refractivity contribution is 9.42. The Hall–Kier alpha value is 9.90. The molecule has 205 valence electrons. The molecule has 0 rings (SSSR count). The fourth-order valence-electron chi connectivity index (χ4n) is 1.65. The molecule has 0 atom stereocenters. The van der Waals surface area contributed by atoms with Crippen LogP contribution in [0.2, 0.25) is 0 Å². The van der Waals surface area contributed by atoms with Crippen LogP contribution in [-0.2, 0) is 10.7 Å². The van der Waals surface area contributed by atoms with Crippen LogP contribution in [0.3, 0.4) is 0 Å². The zero-order valence-electron chi connectivity index (χ0n) is 14.2. The summed E-state index contributed by atoms with van der Waals surface area (Å²) in [5, 5.41) is 0. The first-order chi connectivity index (χ1) is 14.2. The fraction of sp³-hybridized carbons (Fsp3) is 1.00. The molecule has 0 fully saturated rings. The Balaban J connectivity index is 7.14. The van der Waals surface area contributed by atoms with E-state index in [9.17, 15) is 8.42 Å². The normalized spacial score (nSPS) is 16.6. The zero-order chi connectivity index (χ0) is 28.6. The van der Waals surface area contributed by atoms with Gasteiger partial charge in [-0.3, -0.25) is 0 Å². The molecule has 0 aromatic heterocycles. The van der Waals surface area contributed by atoms with Crippen LogP contribution in [0.25, 0.3) is 0 Å². The van der Waals surface area contributed by atoms with Gasteiger partial charge in [-0.25, -0.2) is 0 Å². The van der Waals surface area contributed by atoms with Crippen LogP contribution in [0.1, 0.15) is 0 Å². The standard InChI is InChI=1S/C10Br21O2S/c11-1(12,3(15,16)5(19,20)7(23,24)9(27,28)29)2(13,14)4(17,18)6(21,22)8(25,26)10(30,31)34(32)33. The van der Waals surface area contributed by atoms with Gasteiger partial charge in [0.2, 0.25) is 13.3 Å². The van der Waals surface area contributed by atoms with Gasteiger partial charge in [0.1, 0.15) is 22.6 Å². The summed E-state index contributed by atoms with van der Waals surface area (Å²) in [6, 6.07) is 0. The van der Waals surface area contributed by atoms with Crippen molar-refractivity contribution in [3.63, 3.8) is 0 Å². The Labute approximate surface area is 375 Å². The molecule has 2 nitrogen and oxygen atoms in total. The van der Waals surface area contributed by atoms with Gasteiger partial charge in [-0.1, -0.05) is 303 Å². The first-order valence-corrected chi connectivity index (χ1v) is 24.5. The smallest absolute Gasteiger partial charge is 0.187 e. The highest BCUT2D eigenvalue weighted by Gasteiger charge is 2.80. The summed E-state index contributed by atoms with van der Waals surface area (Å²) < 4.78 is 11.6. The third-order valence-corrected chi connectivity index (χ3v) is 48.8. The number of hydrogen-bond acceptors (Lipinski definition) is 2. The van der Waals surface area contributed by atoms with Crippen LogP contribution in [0.5, 0.6) is 0 Å². The molecular weight excluding hydrogens is 1860 g/mol. The van der Waals surface area contributed by atoms with Gasteiger partial charge in [0, 0.05) is 0 Å². The Morgan fingerprint density at radius 1 is 0.294 bits per heavy atom. The van der Waals surface area contributed by atoms with Gasteiger partial charge < -0.3 is 0 Å². The third-order valence-electron chi connectivity index (χ3n) is 3.69. The van der Waals surface area contributed by atoms with E-state index in [1.165, 1.54) is 0 Å². The number of hydrogen-bond donors (Lipinski definition) is 0. The highest BCUT2D eigenvalue weighted by Crippen LogP contribution is 2.80. The van der Waals surface area contributed by atoms with Gasteiger partial charge in [-0.05, 0) is 31.9 Å². The summed E-state index contributed by atoms with van der Waals surface area (Å²) in [5.74, 6) is 0. The maximum Gasteiger partial charge on any atom is 0.231 e. The van der Waals surface area contributed by atoms with Gasteiger partial charge in [0.05, 0.1) is 0 Å². The summed E-state index contributed by atoms with van der Waals surface area (Å²) in [7, 11) is -2.66. The predicted octanol–water partition coefficient (Wildman–Crippen LogP) is 15.0. The quantitative estimate of drug-likeness (QED) is 0.216. The Bertz CT molecular complexity index is 840. The van der Waals surface area contributed by atoms with E-state index in [1.807, 2.05) is 0 Å². The largest absolute Gasteiger partial charge is 0.231 e. The molecule has 0 aromatic rings. The summed E-state index contributed by atoms with van der Waals surface area (Å²) in [4.78, 5) is 0. The average molecular weight is 1860 g/mol. The second-order valence-corrected chi connectivity index (χ2v) is 45.7. The van der Waals surface area contributed by atoms with Crippen molar-refractivity contribution < 1.29 is 8.42 Å². The van der Waals surface area contributed by atoms with Gasteiger partial charge in [-0.2, -0.15) is 8.42 Å². The van der Waals surface area contributed by atoms with Crippen molar-refractivity contribution in [1.82, 2.24) is 0 Å². The number of alkyl halides is 21. The van der Waals surface area contributed by atoms with Gasteiger partial charge in [0.15, 0.2) is 5.38 Å². The number of rotatable bonds is 9. The number of halogens is 21. The van der Waals surface area contributed by atoms with Crippen LogP contribution < -0.4 is 0 Å². The van der Waals surface area contributed by atoms with Gasteiger partial charge in [-0.15, -0.1) is 0 Å². The van der Waals surface area contributed by atoms with Crippen LogP contribution in [0.15, 0.2) is 0 Å². The summed E-state index contributed by atoms with van der Waals surface area (Å²) in [5.41, 5.74) is 0. The topological polar surface area (TPSA) is 34.1 Å². The van der Waals surface area contributed by atoms with Crippen molar-refractivity contribution in [3.05, 3.63) is 0 Å². The summed E-state index contributed by atoms with van der Waals surface area (Å²) in [6.07, 6.45) is 0. The molecule has 0 aliphatic carbocycles. The molecule has 0 heterocycles. The molecule has 0 aromatic carbocycles. The van der Waals surface area contributed by atoms with E-state index in [-0.39, 0.29) is 0 Å². The van der Waals surface area contributed by atoms with E-state index in [0.717, 1.165) is 0 Å². The lowest BCUT2D eigenvalue weighted by Gasteiger charge is -2.59. The first kappa shape index (κ1) is 43.9. The zero-order valence-corrected chi connectivity index (χ0v) is 48.3. The van der Waals surface area contributed by atoms with Crippen LogP contribution >= 0.6 is 335 Å². The summed E-state index contributed by atoms with van der Waals surface area (Å²) >= 11 is 76.5. The molecule has 0 aliphatic rings. The maximum absolute atomic E-state index is 12.1. The second-order valence-electron chi connectivity index (χ2n) is 5.84. The molecule has 0 spiro atoms. The van der Waals surface area contributed by atoms with Crippen molar-refractivity contribution in [1.29, 1.82) is 0 Å². The van der Waals surface area contributed by atoms with Gasteiger partial charge >= 0.3 is 0 Å². The lowest BCUT2D eigenvalue weighted by Crippen LogP contribution is -2.70. The van der Waals surface area contributed by atoms with Crippen molar-refractivity contribution >= 4 is 345 Å². The monoisotopic (exact) mass is 1840 g/mol. The fourth-order valence-corrected chi connectivity index (χ4v) is 21.9. The molecule has 0 bridgehead atoms. The molecule has 0 amide bonds. The molecule has 0 unspecified atom stereocenters. The molecule has 0 saturated heterocycles. The van der Waals surface area contributed by atoms with E-state index in [4.69, 9.17) is 0 Å². The van der Waals surface area contributed by atoms with E-state index in [1.54, 1.807) is 0 Å². The Morgan fingerprint density at radius 2 is 0.471 bits per heavy atom. The third kappa shape index (κ3) is 7.46. The maximum atomic E-state index is 12.1. The molecule has 0 N–H and O–H groups in total. The molecule has 34 heavy (non-hydrogen) atoms. The van der Waals surface area contributed by atoms with Crippen LogP contribution in [0.4, 0.5) is 0 Å². The predicted molar refractivity (Wildman–Crippen MR) is 224 cm³/mol. The van der Waals surface area contributed by atoms with Crippen molar-refractivity contribution in [2.45, 2.75) is 30.6 Å². The van der Waals surface area contributed by atoms with E-state index in [2.05, 4.69) is 335 Å². The molecule has 0 aliphatic heterocycles. The highest BCUT2D eigenvalue weighted by atomic mass is 80.0. The minimum Gasteiger partial charge on any atom is -0.187 e. The van der Waals surface area contributed by atoms with E-state index < -0.39 is 41.3 Å². The molecular formula is C10Br21O2S. The molecule has 0 saturated carbocycles. The molecule has 1 radical (unpaired) electrons. The van der Waals surface area contributed by atoms with Crippen LogP contribution in [0, 0.1) is 0 Å². The summed E-state index contributed by atoms with van der Waals surface area (Å²) in [6.45, 7) is 0. The average Bonchev–Trinajstić information content (AvgIpc) is 2.58. The lowest BCUT2D eigenvalue weighted by atomic mass is 10.1.